The van der Waals surface area contributed by atoms with E-state index in [1.54, 1.807) is 0 Å². The van der Waals surface area contributed by atoms with Crippen LogP contribution in [0.3, 0.4) is 0 Å². The van der Waals surface area contributed by atoms with E-state index in [0.717, 1.165) is 27.3 Å². The van der Waals surface area contributed by atoms with Crippen LogP contribution in [0.4, 0.5) is 0 Å². The molecule has 0 aromatic heterocycles. The second-order valence-corrected chi connectivity index (χ2v) is 6.15. The van der Waals surface area contributed by atoms with Gasteiger partial charge in [0.1, 0.15) is 18.5 Å². The van der Waals surface area contributed by atoms with E-state index < -0.39 is 6.10 Å². The number of ether oxygens (including phenoxy) is 3. The Balaban J connectivity index is 1.39. The van der Waals surface area contributed by atoms with Gasteiger partial charge in [-0.05, 0) is 42.0 Å². The van der Waals surface area contributed by atoms with Crippen LogP contribution in [0.1, 0.15) is 5.56 Å². The van der Waals surface area contributed by atoms with E-state index >= 15 is 0 Å². The van der Waals surface area contributed by atoms with Crippen LogP contribution in [0.15, 0.2) is 46.9 Å². The van der Waals surface area contributed by atoms with Crippen molar-refractivity contribution in [2.45, 2.75) is 12.6 Å². The van der Waals surface area contributed by atoms with Crippen LogP contribution in [0.5, 0.6) is 17.2 Å². The molecule has 1 aliphatic heterocycles. The molecule has 2 N–H and O–H groups in total. The third kappa shape index (κ3) is 4.60. The summed E-state index contributed by atoms with van der Waals surface area (Å²) >= 11 is 3.37. The number of hydrogen-bond acceptors (Lipinski definition) is 5. The summed E-state index contributed by atoms with van der Waals surface area (Å²) in [5.41, 5.74) is 1.08. The first kappa shape index (κ1) is 16.1. The predicted molar refractivity (Wildman–Crippen MR) is 89.9 cm³/mol. The lowest BCUT2D eigenvalue weighted by Gasteiger charge is -2.13. The number of hydrogen-bond donors (Lipinski definition) is 2. The van der Waals surface area contributed by atoms with Crippen LogP contribution in [0.25, 0.3) is 0 Å². The number of aliphatic hydroxyl groups is 1. The maximum atomic E-state index is 9.96. The normalized spacial score (nSPS) is 13.8. The van der Waals surface area contributed by atoms with Crippen LogP contribution in [-0.2, 0) is 6.54 Å². The van der Waals surface area contributed by atoms with Gasteiger partial charge in [0.15, 0.2) is 11.5 Å². The van der Waals surface area contributed by atoms with Gasteiger partial charge in [0.05, 0.1) is 0 Å². The first-order valence-electron chi connectivity index (χ1n) is 7.36. The van der Waals surface area contributed by atoms with Gasteiger partial charge in [0, 0.05) is 17.6 Å². The SMILES string of the molecule is O[C@@H](CNCc1ccc2c(c1)OCO2)COc1ccc(Br)cc1. The standard InChI is InChI=1S/C17H18BrNO4/c18-13-2-4-15(5-3-13)21-10-14(20)9-19-8-12-1-6-16-17(7-12)23-11-22-16/h1-7,14,19-20H,8-11H2/t14-/m0/s1. The molecule has 2 aromatic rings. The minimum atomic E-state index is -0.576. The van der Waals surface area contributed by atoms with Gasteiger partial charge in [0.25, 0.3) is 0 Å². The van der Waals surface area contributed by atoms with Crippen LogP contribution in [0, 0.1) is 0 Å². The van der Waals surface area contributed by atoms with Crippen LogP contribution < -0.4 is 19.5 Å². The van der Waals surface area contributed by atoms with Crippen molar-refractivity contribution in [3.63, 3.8) is 0 Å². The van der Waals surface area contributed by atoms with Gasteiger partial charge < -0.3 is 24.6 Å². The lowest BCUT2D eigenvalue weighted by molar-refractivity contribution is 0.106. The highest BCUT2D eigenvalue weighted by atomic mass is 79.9. The minimum absolute atomic E-state index is 0.246. The Bertz CT molecular complexity index is 648. The zero-order chi connectivity index (χ0) is 16.1. The fourth-order valence-electron chi connectivity index (χ4n) is 2.22. The molecule has 122 valence electrons. The molecular weight excluding hydrogens is 362 g/mol. The highest BCUT2D eigenvalue weighted by Crippen LogP contribution is 2.32. The average molecular weight is 380 g/mol. The fourth-order valence-corrected chi connectivity index (χ4v) is 2.48. The molecule has 0 radical (unpaired) electrons. The summed E-state index contributed by atoms with van der Waals surface area (Å²) in [5, 5.41) is 13.2. The van der Waals surface area contributed by atoms with E-state index in [-0.39, 0.29) is 13.4 Å². The average Bonchev–Trinajstić information content (AvgIpc) is 3.02. The van der Waals surface area contributed by atoms with E-state index in [2.05, 4.69) is 21.2 Å². The molecule has 0 spiro atoms. The maximum absolute atomic E-state index is 9.96. The second kappa shape index (κ2) is 7.68. The molecule has 0 amide bonds. The van der Waals surface area contributed by atoms with E-state index in [1.165, 1.54) is 0 Å². The molecule has 2 aromatic carbocycles. The summed E-state index contributed by atoms with van der Waals surface area (Å²) in [4.78, 5) is 0. The van der Waals surface area contributed by atoms with Gasteiger partial charge >= 0.3 is 0 Å². The Morgan fingerprint density at radius 3 is 2.74 bits per heavy atom. The summed E-state index contributed by atoms with van der Waals surface area (Å²) in [6.45, 7) is 1.62. The molecule has 23 heavy (non-hydrogen) atoms. The molecule has 1 heterocycles. The third-order valence-corrected chi connectivity index (χ3v) is 3.93. The summed E-state index contributed by atoms with van der Waals surface area (Å²) in [6.07, 6.45) is -0.576. The zero-order valence-corrected chi connectivity index (χ0v) is 14.1. The van der Waals surface area contributed by atoms with Gasteiger partial charge in [-0.1, -0.05) is 22.0 Å². The Kier molecular flexibility index (Phi) is 5.38. The number of nitrogens with one attached hydrogen (secondary N) is 1. The third-order valence-electron chi connectivity index (χ3n) is 3.40. The number of rotatable bonds is 7. The Morgan fingerprint density at radius 2 is 1.91 bits per heavy atom. The zero-order valence-electron chi connectivity index (χ0n) is 12.5. The summed E-state index contributed by atoms with van der Waals surface area (Å²) < 4.78 is 17.1. The molecule has 1 aliphatic rings. The molecule has 0 fully saturated rings. The molecule has 6 heteroatoms. The topological polar surface area (TPSA) is 60.0 Å². The van der Waals surface area contributed by atoms with E-state index in [9.17, 15) is 5.11 Å². The van der Waals surface area contributed by atoms with Gasteiger partial charge in [-0.2, -0.15) is 0 Å². The van der Waals surface area contributed by atoms with Gasteiger partial charge in [-0.15, -0.1) is 0 Å². The van der Waals surface area contributed by atoms with E-state index in [4.69, 9.17) is 14.2 Å². The molecule has 0 bridgehead atoms. The molecule has 0 unspecified atom stereocenters. The van der Waals surface area contributed by atoms with Crippen molar-refractivity contribution in [2.24, 2.45) is 0 Å². The van der Waals surface area contributed by atoms with Crippen molar-refractivity contribution in [3.05, 3.63) is 52.5 Å². The smallest absolute Gasteiger partial charge is 0.231 e. The molecule has 3 rings (SSSR count). The monoisotopic (exact) mass is 379 g/mol. The van der Waals surface area contributed by atoms with Crippen LogP contribution >= 0.6 is 15.9 Å². The minimum Gasteiger partial charge on any atom is -0.491 e. The molecular formula is C17H18BrNO4. The first-order valence-corrected chi connectivity index (χ1v) is 8.16. The number of halogens is 1. The lowest BCUT2D eigenvalue weighted by Crippen LogP contribution is -2.31. The summed E-state index contributed by atoms with van der Waals surface area (Å²) in [7, 11) is 0. The molecule has 5 nitrogen and oxygen atoms in total. The van der Waals surface area contributed by atoms with Gasteiger partial charge in [-0.25, -0.2) is 0 Å². The Morgan fingerprint density at radius 1 is 1.13 bits per heavy atom. The van der Waals surface area contributed by atoms with Crippen molar-refractivity contribution in [1.29, 1.82) is 0 Å². The number of aliphatic hydroxyl groups excluding tert-OH is 1. The lowest BCUT2D eigenvalue weighted by atomic mass is 10.2. The largest absolute Gasteiger partial charge is 0.491 e. The molecule has 0 aliphatic carbocycles. The summed E-state index contributed by atoms with van der Waals surface area (Å²) in [5.74, 6) is 2.28. The quantitative estimate of drug-likeness (QED) is 0.774. The maximum Gasteiger partial charge on any atom is 0.231 e. The molecule has 1 atom stereocenters. The number of benzene rings is 2. The van der Waals surface area contributed by atoms with Crippen LogP contribution in [-0.4, -0.2) is 31.2 Å². The second-order valence-electron chi connectivity index (χ2n) is 5.24. The van der Waals surface area contributed by atoms with Gasteiger partial charge in [0.2, 0.25) is 6.79 Å². The Labute approximate surface area is 143 Å². The van der Waals surface area contributed by atoms with Crippen molar-refractivity contribution < 1.29 is 19.3 Å². The molecule has 0 saturated carbocycles. The summed E-state index contributed by atoms with van der Waals surface area (Å²) in [6, 6.07) is 13.3. The van der Waals surface area contributed by atoms with Crippen molar-refractivity contribution >= 4 is 15.9 Å². The predicted octanol–water partition coefficient (Wildman–Crippen LogP) is 2.71. The Hall–Kier alpha value is -1.76. The number of fused-ring (bicyclic) bond motifs is 1. The van der Waals surface area contributed by atoms with Crippen molar-refractivity contribution in [1.82, 2.24) is 5.32 Å². The first-order chi connectivity index (χ1) is 11.2. The molecule has 0 saturated heterocycles. The van der Waals surface area contributed by atoms with E-state index in [0.29, 0.717) is 13.1 Å². The van der Waals surface area contributed by atoms with Crippen molar-refractivity contribution in [3.8, 4) is 17.2 Å². The van der Waals surface area contributed by atoms with Crippen molar-refractivity contribution in [2.75, 3.05) is 19.9 Å². The van der Waals surface area contributed by atoms with Crippen LogP contribution in [0.2, 0.25) is 0 Å². The highest BCUT2D eigenvalue weighted by molar-refractivity contribution is 9.10. The van der Waals surface area contributed by atoms with Gasteiger partial charge in [-0.3, -0.25) is 0 Å². The van der Waals surface area contributed by atoms with E-state index in [1.807, 2.05) is 42.5 Å². The fraction of sp³-hybridized carbons (Fsp3) is 0.294. The highest BCUT2D eigenvalue weighted by Gasteiger charge is 2.13.